The van der Waals surface area contributed by atoms with E-state index in [0.717, 1.165) is 35.1 Å². The Bertz CT molecular complexity index is 1180. The second kappa shape index (κ2) is 10.8. The van der Waals surface area contributed by atoms with Crippen molar-refractivity contribution in [1.29, 1.82) is 0 Å². The normalized spacial score (nSPS) is 12.8. The van der Waals surface area contributed by atoms with Crippen LogP contribution >= 0.6 is 0 Å². The molecule has 1 heterocycles. The molecule has 1 aliphatic carbocycles. The number of unbranched alkanes of at least 4 members (excludes halogenated alkanes) is 1. The Labute approximate surface area is 203 Å². The van der Waals surface area contributed by atoms with E-state index in [1.807, 2.05) is 43.3 Å². The smallest absolute Gasteiger partial charge is 0.407 e. The number of anilines is 1. The van der Waals surface area contributed by atoms with Gasteiger partial charge in [-0.2, -0.15) is 0 Å². The Morgan fingerprint density at radius 2 is 1.66 bits per heavy atom. The zero-order chi connectivity index (χ0) is 24.8. The van der Waals surface area contributed by atoms with Crippen LogP contribution in [-0.4, -0.2) is 40.7 Å². The number of amides is 2. The number of nitrogens with zero attached hydrogens (tertiary/aromatic N) is 1. The van der Waals surface area contributed by atoms with Crippen molar-refractivity contribution >= 4 is 23.7 Å². The maximum Gasteiger partial charge on any atom is 0.407 e. The van der Waals surface area contributed by atoms with Crippen molar-refractivity contribution in [1.82, 2.24) is 10.3 Å². The van der Waals surface area contributed by atoms with Crippen molar-refractivity contribution in [2.75, 3.05) is 11.9 Å². The minimum atomic E-state index is -1.15. The molecule has 35 heavy (non-hydrogen) atoms. The molecule has 0 bridgehead atoms. The van der Waals surface area contributed by atoms with E-state index in [9.17, 15) is 14.4 Å². The van der Waals surface area contributed by atoms with Gasteiger partial charge >= 0.3 is 12.1 Å². The summed E-state index contributed by atoms with van der Waals surface area (Å²) < 4.78 is 5.58. The van der Waals surface area contributed by atoms with Gasteiger partial charge in [0.25, 0.3) is 0 Å². The fourth-order valence-corrected chi connectivity index (χ4v) is 4.28. The van der Waals surface area contributed by atoms with Crippen LogP contribution in [0.25, 0.3) is 11.1 Å². The van der Waals surface area contributed by atoms with E-state index in [1.54, 1.807) is 0 Å². The molecule has 1 aromatic heterocycles. The number of hydrogen-bond acceptors (Lipinski definition) is 5. The second-order valence-corrected chi connectivity index (χ2v) is 8.39. The van der Waals surface area contributed by atoms with E-state index in [1.165, 1.54) is 18.3 Å². The average molecular weight is 474 g/mol. The SMILES string of the molecule is CCCCC(NC(=O)OCC1c2ccccc2-c2ccccc21)C(=O)Nc1ccc(C(=O)O)nc1. The molecule has 4 rings (SSSR count). The molecule has 1 aliphatic rings. The lowest BCUT2D eigenvalue weighted by Crippen LogP contribution is -2.44. The van der Waals surface area contributed by atoms with Crippen LogP contribution in [0.4, 0.5) is 10.5 Å². The molecule has 0 saturated heterocycles. The second-order valence-electron chi connectivity index (χ2n) is 8.39. The molecule has 2 aromatic carbocycles. The minimum absolute atomic E-state index is 0.0742. The van der Waals surface area contributed by atoms with Crippen LogP contribution in [0, 0.1) is 0 Å². The van der Waals surface area contributed by atoms with Crippen molar-refractivity contribution in [3.05, 3.63) is 83.7 Å². The van der Waals surface area contributed by atoms with E-state index in [4.69, 9.17) is 9.84 Å². The van der Waals surface area contributed by atoms with Gasteiger partial charge in [0.1, 0.15) is 18.3 Å². The van der Waals surface area contributed by atoms with Crippen molar-refractivity contribution in [2.24, 2.45) is 0 Å². The highest BCUT2D eigenvalue weighted by Gasteiger charge is 2.29. The first-order valence-electron chi connectivity index (χ1n) is 11.6. The standard InChI is InChI=1S/C27H27N3O5/c1-2-3-12-23(25(31)29-17-13-14-24(26(32)33)28-15-17)30-27(34)35-16-22-20-10-6-4-8-18(20)19-9-5-7-11-21(19)22/h4-11,13-15,22-23H,2-3,12,16H2,1H3,(H,29,31)(H,30,34)(H,32,33). The molecule has 0 saturated carbocycles. The first kappa shape index (κ1) is 23.9. The molecular weight excluding hydrogens is 446 g/mol. The van der Waals surface area contributed by atoms with Crippen LogP contribution in [0.5, 0.6) is 0 Å². The van der Waals surface area contributed by atoms with E-state index in [0.29, 0.717) is 12.1 Å². The molecule has 1 atom stereocenters. The number of aromatic nitrogens is 1. The monoisotopic (exact) mass is 473 g/mol. The Morgan fingerprint density at radius 3 is 2.23 bits per heavy atom. The number of alkyl carbamates (subject to hydrolysis) is 1. The summed E-state index contributed by atoms with van der Waals surface area (Å²) in [5.41, 5.74) is 4.72. The fraction of sp³-hybridized carbons (Fsp3) is 0.259. The van der Waals surface area contributed by atoms with E-state index in [-0.39, 0.29) is 18.2 Å². The van der Waals surface area contributed by atoms with Gasteiger partial charge in [0, 0.05) is 5.92 Å². The van der Waals surface area contributed by atoms with Gasteiger partial charge in [-0.1, -0.05) is 68.3 Å². The van der Waals surface area contributed by atoms with Crippen LogP contribution in [0.1, 0.15) is 53.7 Å². The number of carbonyl (C=O) groups excluding carboxylic acids is 2. The van der Waals surface area contributed by atoms with Gasteiger partial charge in [-0.25, -0.2) is 14.6 Å². The lowest BCUT2D eigenvalue weighted by atomic mass is 9.98. The number of carboxylic acid groups (broad SMARTS) is 1. The molecule has 0 spiro atoms. The van der Waals surface area contributed by atoms with Crippen molar-refractivity contribution < 1.29 is 24.2 Å². The molecule has 2 amide bonds. The lowest BCUT2D eigenvalue weighted by Gasteiger charge is -2.19. The van der Waals surface area contributed by atoms with Gasteiger partial charge in [0.2, 0.25) is 5.91 Å². The number of aromatic carboxylic acids is 1. The van der Waals surface area contributed by atoms with E-state index < -0.39 is 24.0 Å². The van der Waals surface area contributed by atoms with Crippen LogP contribution in [0.15, 0.2) is 66.9 Å². The Hall–Kier alpha value is -4.20. The van der Waals surface area contributed by atoms with Crippen molar-refractivity contribution in [3.8, 4) is 11.1 Å². The molecule has 8 heteroatoms. The predicted octanol–water partition coefficient (Wildman–Crippen LogP) is 4.82. The quantitative estimate of drug-likeness (QED) is 0.410. The number of pyridine rings is 1. The maximum absolute atomic E-state index is 12.8. The van der Waals surface area contributed by atoms with Gasteiger partial charge in [-0.3, -0.25) is 4.79 Å². The average Bonchev–Trinajstić information content (AvgIpc) is 3.19. The summed E-state index contributed by atoms with van der Waals surface area (Å²) in [5.74, 6) is -1.65. The highest BCUT2D eigenvalue weighted by atomic mass is 16.5. The summed E-state index contributed by atoms with van der Waals surface area (Å²) in [6, 6.07) is 18.1. The van der Waals surface area contributed by atoms with Crippen molar-refractivity contribution in [2.45, 2.75) is 38.1 Å². The molecule has 0 aliphatic heterocycles. The summed E-state index contributed by atoms with van der Waals surface area (Å²) in [5, 5.41) is 14.3. The molecule has 3 N–H and O–H groups in total. The van der Waals surface area contributed by atoms with Gasteiger partial charge in [0.05, 0.1) is 11.9 Å². The molecule has 8 nitrogen and oxygen atoms in total. The molecule has 1 unspecified atom stereocenters. The Morgan fingerprint density at radius 1 is 1.00 bits per heavy atom. The number of benzene rings is 2. The zero-order valence-electron chi connectivity index (χ0n) is 19.4. The summed E-state index contributed by atoms with van der Waals surface area (Å²) in [6.45, 7) is 2.15. The summed E-state index contributed by atoms with van der Waals surface area (Å²) in [4.78, 5) is 40.3. The summed E-state index contributed by atoms with van der Waals surface area (Å²) in [6.07, 6.45) is 2.63. The topological polar surface area (TPSA) is 118 Å². The Balaban J connectivity index is 1.40. The number of rotatable bonds is 9. The third-order valence-corrected chi connectivity index (χ3v) is 6.05. The van der Waals surface area contributed by atoms with Crippen LogP contribution in [0.3, 0.4) is 0 Å². The maximum atomic E-state index is 12.8. The number of hydrogen-bond donors (Lipinski definition) is 3. The van der Waals surface area contributed by atoms with Gasteiger partial charge in [-0.15, -0.1) is 0 Å². The van der Waals surface area contributed by atoms with Gasteiger partial charge in [-0.05, 0) is 40.8 Å². The zero-order valence-corrected chi connectivity index (χ0v) is 19.4. The number of nitrogens with one attached hydrogen (secondary N) is 2. The predicted molar refractivity (Wildman–Crippen MR) is 131 cm³/mol. The van der Waals surface area contributed by atoms with E-state index >= 15 is 0 Å². The van der Waals surface area contributed by atoms with Crippen LogP contribution in [-0.2, 0) is 9.53 Å². The highest BCUT2D eigenvalue weighted by Crippen LogP contribution is 2.44. The van der Waals surface area contributed by atoms with Gasteiger partial charge < -0.3 is 20.5 Å². The highest BCUT2D eigenvalue weighted by molar-refractivity contribution is 5.96. The molecule has 0 radical (unpaired) electrons. The number of carbonyl (C=O) groups is 3. The third kappa shape index (κ3) is 5.48. The third-order valence-electron chi connectivity index (χ3n) is 6.05. The van der Waals surface area contributed by atoms with Crippen molar-refractivity contribution in [3.63, 3.8) is 0 Å². The first-order valence-corrected chi connectivity index (χ1v) is 11.6. The van der Waals surface area contributed by atoms with E-state index in [2.05, 4.69) is 27.8 Å². The largest absolute Gasteiger partial charge is 0.477 e. The number of carboxylic acids is 1. The molecule has 180 valence electrons. The van der Waals surface area contributed by atoms with Crippen LogP contribution < -0.4 is 10.6 Å². The fourth-order valence-electron chi connectivity index (χ4n) is 4.28. The first-order chi connectivity index (χ1) is 17.0. The Kier molecular flexibility index (Phi) is 7.40. The minimum Gasteiger partial charge on any atom is -0.477 e. The number of fused-ring (bicyclic) bond motifs is 3. The van der Waals surface area contributed by atoms with Gasteiger partial charge in [0.15, 0.2) is 0 Å². The number of ether oxygens (including phenoxy) is 1. The lowest BCUT2D eigenvalue weighted by molar-refractivity contribution is -0.118. The summed E-state index contributed by atoms with van der Waals surface area (Å²) in [7, 11) is 0. The van der Waals surface area contributed by atoms with Crippen LogP contribution in [0.2, 0.25) is 0 Å². The molecule has 0 fully saturated rings. The summed E-state index contributed by atoms with van der Waals surface area (Å²) >= 11 is 0. The molecule has 3 aromatic rings. The molecular formula is C27H27N3O5.